The molecule has 4 atom stereocenters. The number of hydrogen-bond acceptors (Lipinski definition) is 4. The summed E-state index contributed by atoms with van der Waals surface area (Å²) in [5, 5.41) is 9.77. The molecule has 20 heavy (non-hydrogen) atoms. The average molecular weight is 280 g/mol. The maximum atomic E-state index is 12.2. The minimum Gasteiger partial charge on any atom is -0.463 e. The smallest absolute Gasteiger partial charge is 0.306 e. The molecule has 1 aliphatic carbocycles. The molecule has 0 aromatic heterocycles. The fraction of sp³-hybridized carbons (Fsp3) is 0.750. The number of ether oxygens (including phenoxy) is 1. The second kappa shape index (κ2) is 7.02. The largest absolute Gasteiger partial charge is 0.463 e. The van der Waals surface area contributed by atoms with Crippen LogP contribution < -0.4 is 0 Å². The van der Waals surface area contributed by atoms with Crippen LogP contribution in [0.25, 0.3) is 0 Å². The number of carbonyl (C=O) groups excluding carboxylic acids is 2. The molecular formula is C16H24O4. The molecule has 0 bridgehead atoms. The molecule has 1 saturated carbocycles. The molecule has 1 N–H and O–H groups in total. The van der Waals surface area contributed by atoms with Crippen LogP contribution >= 0.6 is 0 Å². The summed E-state index contributed by atoms with van der Waals surface area (Å²) in [6, 6.07) is 0. The lowest BCUT2D eigenvalue weighted by atomic mass is 9.89. The van der Waals surface area contributed by atoms with Crippen LogP contribution in [0.15, 0.2) is 12.2 Å². The molecule has 1 heterocycles. The summed E-state index contributed by atoms with van der Waals surface area (Å²) >= 11 is 0. The third kappa shape index (κ3) is 4.17. The van der Waals surface area contributed by atoms with Gasteiger partial charge in [-0.3, -0.25) is 9.59 Å². The normalized spacial score (nSPS) is 38.1. The van der Waals surface area contributed by atoms with Gasteiger partial charge in [0.2, 0.25) is 0 Å². The van der Waals surface area contributed by atoms with E-state index in [1.165, 1.54) is 0 Å². The van der Waals surface area contributed by atoms with E-state index >= 15 is 0 Å². The van der Waals surface area contributed by atoms with Crippen LogP contribution in [0.2, 0.25) is 0 Å². The predicted octanol–water partition coefficient (Wildman–Crippen LogP) is 2.39. The topological polar surface area (TPSA) is 63.6 Å². The molecule has 0 saturated heterocycles. The number of Topliss-reactive ketones (excluding diaryl/α,β-unsaturated/α-hetero) is 1. The monoisotopic (exact) mass is 280 g/mol. The third-order valence-corrected chi connectivity index (χ3v) is 4.27. The first-order chi connectivity index (χ1) is 9.56. The number of aliphatic hydroxyl groups is 1. The molecule has 1 fully saturated rings. The molecule has 0 amide bonds. The van der Waals surface area contributed by atoms with Gasteiger partial charge in [0.25, 0.3) is 0 Å². The highest BCUT2D eigenvalue weighted by atomic mass is 16.5. The Balaban J connectivity index is 2.05. The Hall–Kier alpha value is -1.16. The van der Waals surface area contributed by atoms with Crippen LogP contribution in [0.5, 0.6) is 0 Å². The van der Waals surface area contributed by atoms with Gasteiger partial charge in [0, 0.05) is 12.3 Å². The molecule has 4 nitrogen and oxygen atoms in total. The summed E-state index contributed by atoms with van der Waals surface area (Å²) in [4.78, 5) is 23.9. The lowest BCUT2D eigenvalue weighted by molar-refractivity contribution is -0.149. The Morgan fingerprint density at radius 2 is 2.05 bits per heavy atom. The SMILES string of the molecule is C[C@H]1CCC/C=C/[C@@H]2C[C@H](O)C[C@H]2C(=O)CCC(=O)O1. The Kier molecular flexibility index (Phi) is 5.35. The Labute approximate surface area is 120 Å². The van der Waals surface area contributed by atoms with Crippen LogP contribution in [-0.2, 0) is 14.3 Å². The zero-order chi connectivity index (χ0) is 14.5. The summed E-state index contributed by atoms with van der Waals surface area (Å²) in [6.45, 7) is 1.90. The van der Waals surface area contributed by atoms with Crippen molar-refractivity contribution in [3.63, 3.8) is 0 Å². The highest BCUT2D eigenvalue weighted by Gasteiger charge is 2.36. The maximum Gasteiger partial charge on any atom is 0.306 e. The summed E-state index contributed by atoms with van der Waals surface area (Å²) < 4.78 is 5.28. The number of hydrogen-bond donors (Lipinski definition) is 1. The van der Waals surface area contributed by atoms with Gasteiger partial charge >= 0.3 is 5.97 Å². The van der Waals surface area contributed by atoms with Gasteiger partial charge in [0.05, 0.1) is 18.6 Å². The number of aliphatic hydroxyl groups excluding tert-OH is 1. The number of rotatable bonds is 0. The fourth-order valence-electron chi connectivity index (χ4n) is 3.17. The van der Waals surface area contributed by atoms with E-state index in [0.717, 1.165) is 19.3 Å². The second-order valence-corrected chi connectivity index (χ2v) is 6.02. The molecule has 0 unspecified atom stereocenters. The van der Waals surface area contributed by atoms with Crippen molar-refractivity contribution in [1.82, 2.24) is 0 Å². The van der Waals surface area contributed by atoms with Gasteiger partial charge in [-0.15, -0.1) is 0 Å². The fourth-order valence-corrected chi connectivity index (χ4v) is 3.17. The van der Waals surface area contributed by atoms with Crippen molar-refractivity contribution in [3.8, 4) is 0 Å². The lowest BCUT2D eigenvalue weighted by Crippen LogP contribution is -2.20. The molecule has 4 heteroatoms. The van der Waals surface area contributed by atoms with E-state index in [2.05, 4.69) is 12.2 Å². The molecule has 1 aliphatic heterocycles. The Morgan fingerprint density at radius 3 is 2.85 bits per heavy atom. The van der Waals surface area contributed by atoms with Crippen molar-refractivity contribution >= 4 is 11.8 Å². The number of esters is 1. The summed E-state index contributed by atoms with van der Waals surface area (Å²) in [6.07, 6.45) is 8.05. The Morgan fingerprint density at radius 1 is 1.25 bits per heavy atom. The molecule has 0 spiro atoms. The van der Waals surface area contributed by atoms with Crippen molar-refractivity contribution in [2.45, 2.75) is 64.1 Å². The van der Waals surface area contributed by atoms with E-state index in [9.17, 15) is 14.7 Å². The number of fused-ring (bicyclic) bond motifs is 1. The third-order valence-electron chi connectivity index (χ3n) is 4.27. The highest BCUT2D eigenvalue weighted by Crippen LogP contribution is 2.35. The molecule has 2 aliphatic rings. The van der Waals surface area contributed by atoms with Crippen molar-refractivity contribution in [1.29, 1.82) is 0 Å². The van der Waals surface area contributed by atoms with Crippen LogP contribution in [0, 0.1) is 11.8 Å². The van der Waals surface area contributed by atoms with E-state index in [1.54, 1.807) is 0 Å². The summed E-state index contributed by atoms with van der Waals surface area (Å²) in [7, 11) is 0. The molecule has 0 radical (unpaired) electrons. The highest BCUT2D eigenvalue weighted by molar-refractivity contribution is 5.85. The van der Waals surface area contributed by atoms with E-state index in [-0.39, 0.29) is 42.5 Å². The zero-order valence-electron chi connectivity index (χ0n) is 12.1. The van der Waals surface area contributed by atoms with E-state index in [0.29, 0.717) is 12.8 Å². The average Bonchev–Trinajstić information content (AvgIpc) is 2.76. The standard InChI is InChI=1S/C16H24O4/c1-11-5-3-2-4-6-12-9-13(17)10-14(12)15(18)7-8-16(19)20-11/h4,6,11-14,17H,2-3,5,7-10H2,1H3/b6-4+/t11-,12+,13-,14+/m0/s1. The minimum absolute atomic E-state index is 0.0759. The van der Waals surface area contributed by atoms with Gasteiger partial charge in [-0.05, 0) is 44.9 Å². The van der Waals surface area contributed by atoms with Crippen molar-refractivity contribution in [2.24, 2.45) is 11.8 Å². The lowest BCUT2D eigenvalue weighted by Gasteiger charge is -2.14. The number of ketones is 1. The molecule has 0 aromatic rings. The zero-order valence-corrected chi connectivity index (χ0v) is 12.1. The van der Waals surface area contributed by atoms with Crippen LogP contribution in [0.3, 0.4) is 0 Å². The predicted molar refractivity (Wildman–Crippen MR) is 75.0 cm³/mol. The molecule has 2 rings (SSSR count). The first kappa shape index (κ1) is 15.2. The van der Waals surface area contributed by atoms with E-state index in [1.807, 2.05) is 6.92 Å². The number of carbonyl (C=O) groups is 2. The van der Waals surface area contributed by atoms with Gasteiger partial charge in [-0.1, -0.05) is 12.2 Å². The first-order valence-electron chi connectivity index (χ1n) is 7.63. The van der Waals surface area contributed by atoms with Gasteiger partial charge in [0.1, 0.15) is 5.78 Å². The van der Waals surface area contributed by atoms with Gasteiger partial charge in [0.15, 0.2) is 0 Å². The summed E-state index contributed by atoms with van der Waals surface area (Å²) in [5.74, 6) is -0.202. The van der Waals surface area contributed by atoms with Gasteiger partial charge in [-0.2, -0.15) is 0 Å². The Bertz CT molecular complexity index is 388. The molecule has 112 valence electrons. The molecule has 0 aromatic carbocycles. The van der Waals surface area contributed by atoms with Gasteiger partial charge < -0.3 is 9.84 Å². The van der Waals surface area contributed by atoms with Crippen molar-refractivity contribution < 1.29 is 19.4 Å². The number of cyclic esters (lactones) is 1. The van der Waals surface area contributed by atoms with Crippen LogP contribution in [-0.4, -0.2) is 29.1 Å². The van der Waals surface area contributed by atoms with Crippen molar-refractivity contribution in [3.05, 3.63) is 12.2 Å². The first-order valence-corrected chi connectivity index (χ1v) is 7.63. The second-order valence-electron chi connectivity index (χ2n) is 6.02. The van der Waals surface area contributed by atoms with Gasteiger partial charge in [-0.25, -0.2) is 0 Å². The minimum atomic E-state index is -0.390. The quantitative estimate of drug-likeness (QED) is 0.546. The van der Waals surface area contributed by atoms with E-state index < -0.39 is 6.10 Å². The van der Waals surface area contributed by atoms with Crippen molar-refractivity contribution in [2.75, 3.05) is 0 Å². The van der Waals surface area contributed by atoms with Crippen LogP contribution in [0.1, 0.15) is 51.9 Å². The maximum absolute atomic E-state index is 12.2. The molecular weight excluding hydrogens is 256 g/mol. The number of allylic oxidation sites excluding steroid dienone is 2. The summed E-state index contributed by atoms with van der Waals surface area (Å²) in [5.41, 5.74) is 0. The van der Waals surface area contributed by atoms with E-state index in [4.69, 9.17) is 4.74 Å². The van der Waals surface area contributed by atoms with Crippen LogP contribution in [0.4, 0.5) is 0 Å².